The molecule has 8 aliphatic carbocycles. The molecule has 16 aromatic heterocycles. The van der Waals surface area contributed by atoms with Crippen LogP contribution in [0.5, 0.6) is 0 Å². The first kappa shape index (κ1) is 75.1. The lowest BCUT2D eigenvalue weighted by atomic mass is 9.93. The molecule has 0 bridgehead atoms. The van der Waals surface area contributed by atoms with Crippen molar-refractivity contribution in [1.82, 2.24) is 77.4 Å². The molecule has 12 aromatic carbocycles. The number of pyridine rings is 12. The molecule has 0 unspecified atom stereocenters. The summed E-state index contributed by atoms with van der Waals surface area (Å²) in [5.41, 5.74) is 63.9. The third-order valence-electron chi connectivity index (χ3n) is 31.7. The van der Waals surface area contributed by atoms with Gasteiger partial charge in [-0.2, -0.15) is 0 Å². The van der Waals surface area contributed by atoms with E-state index in [0.717, 1.165) is 206 Å². The monoisotopic (exact) mass is 1780 g/mol. The minimum absolute atomic E-state index is 0.764. The van der Waals surface area contributed by atoms with Gasteiger partial charge in [-0.15, -0.1) is 0 Å². The first-order chi connectivity index (χ1) is 69.4. The van der Waals surface area contributed by atoms with Crippen molar-refractivity contribution in [3.63, 3.8) is 0 Å². The summed E-state index contributed by atoms with van der Waals surface area (Å²) < 4.78 is 8.88. The zero-order valence-corrected chi connectivity index (χ0v) is 75.1. The van der Waals surface area contributed by atoms with Crippen LogP contribution >= 0.6 is 0 Å². The maximum atomic E-state index is 5.01. The lowest BCUT2D eigenvalue weighted by Crippen LogP contribution is -1.94. The Bertz CT molecular complexity index is 10700. The van der Waals surface area contributed by atoms with E-state index >= 15 is 0 Å². The van der Waals surface area contributed by atoms with Gasteiger partial charge in [0.2, 0.25) is 0 Å². The van der Waals surface area contributed by atoms with Crippen molar-refractivity contribution in [3.8, 4) is 89.0 Å². The van der Waals surface area contributed by atoms with Gasteiger partial charge in [0.25, 0.3) is 0 Å². The Morgan fingerprint density at radius 3 is 0.871 bits per heavy atom. The maximum Gasteiger partial charge on any atom is 0.178 e. The van der Waals surface area contributed by atoms with Crippen LogP contribution in [-0.4, -0.2) is 77.4 Å². The number of hydrogen-bond donors (Lipinski definition) is 0. The Labute approximate surface area is 796 Å². The van der Waals surface area contributed by atoms with Crippen LogP contribution in [0, 0.1) is 0 Å². The molecule has 8 aliphatic rings. The molecule has 0 fully saturated rings. The summed E-state index contributed by atoms with van der Waals surface area (Å²) in [5, 5.41) is 9.16. The fraction of sp³-hybridized carbons (Fsp3) is 0.0645. The average Bonchev–Trinajstić information content (AvgIpc) is 1.56. The summed E-state index contributed by atoms with van der Waals surface area (Å²) in [4.78, 5) is 57.5. The van der Waals surface area contributed by atoms with Crippen LogP contribution in [0.2, 0.25) is 0 Å². The number of rotatable bonds is 0. The molecule has 0 radical (unpaired) electrons. The van der Waals surface area contributed by atoms with Gasteiger partial charge in [0.15, 0.2) is 22.6 Å². The minimum atomic E-state index is 0.764. The zero-order valence-electron chi connectivity index (χ0n) is 75.1. The highest BCUT2D eigenvalue weighted by molar-refractivity contribution is 6.19. The summed E-state index contributed by atoms with van der Waals surface area (Å²) in [6, 6.07) is 106. The minimum Gasteiger partial charge on any atom is -0.288 e. The number of nitrogens with zero attached hydrogens (tertiary/aromatic N) is 16. The molecule has 0 N–H and O–H groups in total. The number of fused-ring (bicyclic) bond motifs is 59. The largest absolute Gasteiger partial charge is 0.288 e. The number of hydrogen-bond acceptors (Lipinski definition) is 12. The van der Waals surface area contributed by atoms with Crippen LogP contribution in [0.1, 0.15) is 89.0 Å². The summed E-state index contributed by atoms with van der Waals surface area (Å²) in [6.45, 7) is 0. The Kier molecular flexibility index (Phi) is 14.9. The second-order valence-electron chi connectivity index (χ2n) is 38.8. The molecule has 16 heteroatoms. The van der Waals surface area contributed by atoms with Gasteiger partial charge in [0.05, 0.1) is 66.2 Å². The number of aromatic nitrogens is 16. The fourth-order valence-corrected chi connectivity index (χ4v) is 25.8. The first-order valence-corrected chi connectivity index (χ1v) is 48.2. The van der Waals surface area contributed by atoms with E-state index in [9.17, 15) is 0 Å². The van der Waals surface area contributed by atoms with E-state index in [-0.39, 0.29) is 0 Å². The van der Waals surface area contributed by atoms with E-state index in [1.54, 1.807) is 0 Å². The summed E-state index contributed by atoms with van der Waals surface area (Å²) in [7, 11) is 0. The Morgan fingerprint density at radius 1 is 0.157 bits per heavy atom. The standard InChI is InChI=1S/4C31H18N4/c1-2-6-20-17(5-1)14-23-21(20)10-9-18-13-19-15-24-25(16-22(19)28(18)23)31-34-30-27(8-4-12-33-30)35(31)26-7-3-11-32-29(24)26;1-2-6-19-17(5-1)13-23-20(19)9-10-21-22-16-26-25(15-18(22)14-24(21)23)29-27(7-3-11-32-29)35-28-8-4-12-33-30(28)34-31(26)35;1-2-6-21-17(5-1)13-18-9-10-19-14-20-15-23-24(16-22(20)28(19)27(18)21)31-34-30-26(8-4-12-33-30)35(31)25-7-3-11-32-29(23)25;1-2-6-21-17(5-1)11-18-12-19-13-20-14-25-26(16-24(20)23(19)15-22(18)21)31-34-30-28(8-4-10-33-30)35(31)27-7-3-9-32-29(25)27/h3*1-12,15-16H,13-14H2;1-10,12,14-16H,11,13H2. The maximum absolute atomic E-state index is 5.01. The van der Waals surface area contributed by atoms with Gasteiger partial charge >= 0.3 is 0 Å². The van der Waals surface area contributed by atoms with E-state index in [1.807, 2.05) is 98.1 Å². The highest BCUT2D eigenvalue weighted by Gasteiger charge is 2.36. The van der Waals surface area contributed by atoms with Crippen molar-refractivity contribution < 1.29 is 0 Å². The molecule has 28 aromatic rings. The molecule has 0 spiro atoms. The SMILES string of the molecule is c1ccc2c(c1)Cc1c-2ccc2c1-c1cc3c(cc1C2)c1ncccc1n1c2cccnc2nc31.c1ccc2c(c1)Cc1c-2ccc2c1Cc1cc3c(cc1-2)c1nc2ncccc2n1c1cccnc31.c1ccc2c(c1)Cc1cc3c(cc1-2)-c1cc2c(cc1C3)c1ncccc1n1c3cccnc3nc21.c1ccc2c(c1)Cc1ccc3c(c1-2)-c1cc2c(cc1C3)c1ncccc1n1c3cccnc3nc21. The van der Waals surface area contributed by atoms with E-state index < -0.39 is 0 Å². The third kappa shape index (κ3) is 10.3. The summed E-state index contributed by atoms with van der Waals surface area (Å²) >= 11 is 0. The second-order valence-corrected chi connectivity index (χ2v) is 38.8. The predicted molar refractivity (Wildman–Crippen MR) is 559 cm³/mol. The van der Waals surface area contributed by atoms with Crippen LogP contribution in [0.4, 0.5) is 0 Å². The lowest BCUT2D eigenvalue weighted by Gasteiger charge is -2.12. The fourth-order valence-electron chi connectivity index (χ4n) is 25.8. The van der Waals surface area contributed by atoms with Gasteiger partial charge in [-0.3, -0.25) is 37.5 Å². The molecule has 0 atom stereocenters. The van der Waals surface area contributed by atoms with E-state index in [1.165, 1.54) is 178 Å². The van der Waals surface area contributed by atoms with Gasteiger partial charge in [0.1, 0.15) is 22.6 Å². The predicted octanol–water partition coefficient (Wildman–Crippen LogP) is 26.9. The molecule has 36 rings (SSSR count). The Morgan fingerprint density at radius 2 is 0.421 bits per heavy atom. The van der Waals surface area contributed by atoms with Gasteiger partial charge in [-0.1, -0.05) is 140 Å². The molecular weight excluding hydrogens is 1710 g/mol. The smallest absolute Gasteiger partial charge is 0.178 e. The summed E-state index contributed by atoms with van der Waals surface area (Å²) in [5.74, 6) is 0. The van der Waals surface area contributed by atoms with Crippen LogP contribution in [0.25, 0.3) is 243 Å². The molecule has 0 amide bonds. The molecule has 648 valence electrons. The number of benzene rings is 12. The van der Waals surface area contributed by atoms with Crippen molar-refractivity contribution in [2.24, 2.45) is 0 Å². The van der Waals surface area contributed by atoms with Crippen molar-refractivity contribution >= 4 is 154 Å². The van der Waals surface area contributed by atoms with E-state index in [4.69, 9.17) is 39.9 Å². The number of imidazole rings is 4. The Balaban J connectivity index is 0.0000000829. The molecule has 0 aliphatic heterocycles. The summed E-state index contributed by atoms with van der Waals surface area (Å²) in [6.07, 6.45) is 22.7. The van der Waals surface area contributed by atoms with E-state index in [0.29, 0.717) is 0 Å². The van der Waals surface area contributed by atoms with E-state index in [2.05, 4.69) is 280 Å². The van der Waals surface area contributed by atoms with Crippen molar-refractivity contribution in [3.05, 3.63) is 430 Å². The van der Waals surface area contributed by atoms with Crippen LogP contribution in [0.3, 0.4) is 0 Å². The van der Waals surface area contributed by atoms with Gasteiger partial charge in [-0.25, -0.2) is 39.9 Å². The third-order valence-corrected chi connectivity index (χ3v) is 31.7. The van der Waals surface area contributed by atoms with Crippen molar-refractivity contribution in [2.45, 2.75) is 51.4 Å². The lowest BCUT2D eigenvalue weighted by molar-refractivity contribution is 1.16. The first-order valence-electron chi connectivity index (χ1n) is 48.2. The van der Waals surface area contributed by atoms with Crippen LogP contribution < -0.4 is 0 Å². The van der Waals surface area contributed by atoms with Gasteiger partial charge < -0.3 is 0 Å². The van der Waals surface area contributed by atoms with Crippen LogP contribution in [0.15, 0.2) is 341 Å². The second kappa shape index (κ2) is 27.7. The molecular formula is C124H72N16. The molecule has 16 heterocycles. The zero-order chi connectivity index (χ0) is 90.7. The van der Waals surface area contributed by atoms with Gasteiger partial charge in [-0.05, 0) is 381 Å². The van der Waals surface area contributed by atoms with Crippen molar-refractivity contribution in [2.75, 3.05) is 0 Å². The topological polar surface area (TPSA) is 172 Å². The average molecular weight is 1790 g/mol. The highest BCUT2D eigenvalue weighted by Crippen LogP contribution is 2.56. The Hall–Kier alpha value is -18.3. The van der Waals surface area contributed by atoms with Crippen LogP contribution in [-0.2, 0) is 51.4 Å². The molecule has 16 nitrogen and oxygen atoms in total. The quantitative estimate of drug-likeness (QED) is 0.132. The van der Waals surface area contributed by atoms with Gasteiger partial charge in [0, 0.05) is 92.7 Å². The molecule has 0 saturated heterocycles. The highest BCUT2D eigenvalue weighted by atomic mass is 15.1. The van der Waals surface area contributed by atoms with Crippen molar-refractivity contribution in [1.29, 1.82) is 0 Å². The molecule has 0 saturated carbocycles. The molecule has 140 heavy (non-hydrogen) atoms. The normalized spacial score (nSPS) is 13.5.